The molecule has 0 saturated heterocycles. The minimum Gasteiger partial charge on any atom is -0.397 e. The molecule has 0 amide bonds. The molecule has 0 unspecified atom stereocenters. The zero-order valence-corrected chi connectivity index (χ0v) is 5.76. The van der Waals surface area contributed by atoms with Crippen LogP contribution in [-0.2, 0) is 0 Å². The van der Waals surface area contributed by atoms with Crippen LogP contribution in [0.4, 0.5) is 5.69 Å². The van der Waals surface area contributed by atoms with Crippen LogP contribution in [0.15, 0.2) is 12.3 Å². The first-order chi connectivity index (χ1) is 4.74. The number of anilines is 1. The minimum absolute atomic E-state index is 0.533. The maximum atomic E-state index is 6.89. The van der Waals surface area contributed by atoms with Crippen molar-refractivity contribution in [3.8, 4) is 0 Å². The maximum Gasteiger partial charge on any atom is 0.103 e. The van der Waals surface area contributed by atoms with Gasteiger partial charge in [0, 0.05) is 12.4 Å². The Morgan fingerprint density at radius 1 is 1.70 bits per heavy atom. The molecule has 0 aliphatic carbocycles. The molecule has 1 rings (SSSR count). The summed E-state index contributed by atoms with van der Waals surface area (Å²) in [6.45, 7) is 1.91. The highest BCUT2D eigenvalue weighted by Gasteiger charge is 1.94. The first-order valence-electron chi connectivity index (χ1n) is 2.96. The van der Waals surface area contributed by atoms with E-state index in [1.807, 2.05) is 6.92 Å². The van der Waals surface area contributed by atoms with Crippen molar-refractivity contribution < 1.29 is 0 Å². The fourth-order valence-electron chi connectivity index (χ4n) is 0.723. The van der Waals surface area contributed by atoms with Crippen LogP contribution in [0.1, 0.15) is 11.3 Å². The number of nitrogens with two attached hydrogens (primary N) is 1. The predicted octanol–water partition coefficient (Wildman–Crippen LogP) is 0.970. The third kappa shape index (κ3) is 1.13. The van der Waals surface area contributed by atoms with Gasteiger partial charge in [0.2, 0.25) is 0 Å². The maximum absolute atomic E-state index is 6.89. The Morgan fingerprint density at radius 3 is 2.90 bits per heavy atom. The quantitative estimate of drug-likeness (QED) is 0.563. The number of aromatic nitrogens is 1. The van der Waals surface area contributed by atoms with Crippen LogP contribution in [0.3, 0.4) is 0 Å². The Bertz CT molecular complexity index is 255. The Morgan fingerprint density at radius 2 is 2.40 bits per heavy atom. The molecule has 3 heteroatoms. The lowest BCUT2D eigenvalue weighted by Gasteiger charge is -1.97. The number of hydrogen-bond acceptors (Lipinski definition) is 3. The monoisotopic (exact) mass is 135 g/mol. The normalized spacial score (nSPS) is 9.30. The van der Waals surface area contributed by atoms with Gasteiger partial charge in [-0.3, -0.25) is 4.98 Å². The van der Waals surface area contributed by atoms with Crippen molar-refractivity contribution >= 4 is 11.9 Å². The van der Waals surface area contributed by atoms with Gasteiger partial charge in [0.15, 0.2) is 0 Å². The van der Waals surface area contributed by atoms with E-state index in [1.165, 1.54) is 0 Å². The van der Waals surface area contributed by atoms with Gasteiger partial charge in [-0.2, -0.15) is 0 Å². The molecular weight excluding hydrogens is 126 g/mol. The highest BCUT2D eigenvalue weighted by molar-refractivity contribution is 5.81. The van der Waals surface area contributed by atoms with E-state index in [9.17, 15) is 0 Å². The molecule has 52 valence electrons. The fraction of sp³-hybridized carbons (Fsp3) is 0.143. The number of nitrogen functional groups attached to an aromatic ring is 1. The van der Waals surface area contributed by atoms with Gasteiger partial charge in [0.25, 0.3) is 0 Å². The molecule has 0 aliphatic rings. The average molecular weight is 135 g/mol. The van der Waals surface area contributed by atoms with Crippen molar-refractivity contribution in [3.63, 3.8) is 0 Å². The summed E-state index contributed by atoms with van der Waals surface area (Å²) in [5.41, 5.74) is 7.63. The molecule has 0 radical (unpaired) electrons. The number of nitrogens with one attached hydrogen (secondary N) is 1. The number of nitrogens with zero attached hydrogens (tertiary/aromatic N) is 1. The fourth-order valence-corrected chi connectivity index (χ4v) is 0.723. The molecule has 1 aromatic rings. The molecule has 1 aromatic heterocycles. The topological polar surface area (TPSA) is 62.8 Å². The number of pyridine rings is 1. The number of rotatable bonds is 1. The Labute approximate surface area is 59.4 Å². The van der Waals surface area contributed by atoms with E-state index in [1.54, 1.807) is 12.3 Å². The van der Waals surface area contributed by atoms with Crippen LogP contribution >= 0.6 is 0 Å². The van der Waals surface area contributed by atoms with Crippen molar-refractivity contribution in [1.82, 2.24) is 4.98 Å². The lowest BCUT2D eigenvalue weighted by molar-refractivity contribution is 1.25. The Balaban J connectivity index is 3.19. The SMILES string of the molecule is Cc1cnc(C=N)c(N)c1. The predicted molar refractivity (Wildman–Crippen MR) is 41.3 cm³/mol. The van der Waals surface area contributed by atoms with E-state index in [0.717, 1.165) is 11.8 Å². The molecular formula is C7H9N3. The van der Waals surface area contributed by atoms with E-state index in [2.05, 4.69) is 4.98 Å². The van der Waals surface area contributed by atoms with Gasteiger partial charge >= 0.3 is 0 Å². The summed E-state index contributed by atoms with van der Waals surface area (Å²) in [5, 5.41) is 6.89. The van der Waals surface area contributed by atoms with E-state index >= 15 is 0 Å². The summed E-state index contributed by atoms with van der Waals surface area (Å²) >= 11 is 0. The van der Waals surface area contributed by atoms with Crippen LogP contribution in [0, 0.1) is 12.3 Å². The van der Waals surface area contributed by atoms with Gasteiger partial charge in [-0.1, -0.05) is 0 Å². The summed E-state index contributed by atoms with van der Waals surface area (Å²) in [4.78, 5) is 3.93. The summed E-state index contributed by atoms with van der Waals surface area (Å²) in [7, 11) is 0. The van der Waals surface area contributed by atoms with E-state index in [4.69, 9.17) is 11.1 Å². The van der Waals surface area contributed by atoms with Crippen LogP contribution in [0.2, 0.25) is 0 Å². The highest BCUT2D eigenvalue weighted by Crippen LogP contribution is 2.06. The first-order valence-corrected chi connectivity index (χ1v) is 2.96. The largest absolute Gasteiger partial charge is 0.397 e. The van der Waals surface area contributed by atoms with Gasteiger partial charge in [-0.15, -0.1) is 0 Å². The molecule has 0 aliphatic heterocycles. The van der Waals surface area contributed by atoms with Crippen LogP contribution in [-0.4, -0.2) is 11.2 Å². The standard InChI is InChI=1S/C7H9N3/c1-5-2-6(9)7(3-8)10-4-5/h2-4,8H,9H2,1H3. The van der Waals surface area contributed by atoms with E-state index < -0.39 is 0 Å². The van der Waals surface area contributed by atoms with E-state index in [-0.39, 0.29) is 0 Å². The Hall–Kier alpha value is -1.38. The summed E-state index contributed by atoms with van der Waals surface area (Å²) < 4.78 is 0. The molecule has 3 N–H and O–H groups in total. The third-order valence-corrected chi connectivity index (χ3v) is 1.22. The third-order valence-electron chi connectivity index (χ3n) is 1.22. The Kier molecular flexibility index (Phi) is 1.67. The molecule has 0 atom stereocenters. The first kappa shape index (κ1) is 6.74. The van der Waals surface area contributed by atoms with E-state index in [0.29, 0.717) is 11.4 Å². The molecule has 0 saturated carbocycles. The summed E-state index contributed by atoms with van der Waals surface area (Å²) in [6, 6.07) is 1.80. The lowest BCUT2D eigenvalue weighted by atomic mass is 10.2. The second kappa shape index (κ2) is 2.47. The van der Waals surface area contributed by atoms with Crippen molar-refractivity contribution in [2.24, 2.45) is 0 Å². The van der Waals surface area contributed by atoms with Crippen LogP contribution in [0.5, 0.6) is 0 Å². The second-order valence-corrected chi connectivity index (χ2v) is 2.13. The van der Waals surface area contributed by atoms with Crippen molar-refractivity contribution in [2.45, 2.75) is 6.92 Å². The van der Waals surface area contributed by atoms with Gasteiger partial charge in [-0.25, -0.2) is 0 Å². The summed E-state index contributed by atoms with van der Waals surface area (Å²) in [5.74, 6) is 0. The number of aryl methyl sites for hydroxylation is 1. The highest BCUT2D eigenvalue weighted by atomic mass is 14.7. The second-order valence-electron chi connectivity index (χ2n) is 2.13. The van der Waals surface area contributed by atoms with Gasteiger partial charge in [0.05, 0.1) is 5.69 Å². The summed E-state index contributed by atoms with van der Waals surface area (Å²) in [6.07, 6.45) is 2.84. The van der Waals surface area contributed by atoms with Gasteiger partial charge in [-0.05, 0) is 18.6 Å². The molecule has 0 spiro atoms. The molecule has 1 heterocycles. The molecule has 0 bridgehead atoms. The lowest BCUT2D eigenvalue weighted by Crippen LogP contribution is -1.96. The molecule has 0 aromatic carbocycles. The van der Waals surface area contributed by atoms with Crippen LogP contribution < -0.4 is 5.73 Å². The van der Waals surface area contributed by atoms with Crippen molar-refractivity contribution in [2.75, 3.05) is 5.73 Å². The minimum atomic E-state index is 0.533. The average Bonchev–Trinajstić information content (AvgIpc) is 1.88. The van der Waals surface area contributed by atoms with Gasteiger partial charge in [0.1, 0.15) is 5.69 Å². The smallest absolute Gasteiger partial charge is 0.103 e. The molecule has 10 heavy (non-hydrogen) atoms. The zero-order valence-electron chi connectivity index (χ0n) is 5.76. The van der Waals surface area contributed by atoms with Crippen LogP contribution in [0.25, 0.3) is 0 Å². The van der Waals surface area contributed by atoms with Gasteiger partial charge < -0.3 is 11.1 Å². The number of hydrogen-bond donors (Lipinski definition) is 2. The van der Waals surface area contributed by atoms with Crippen molar-refractivity contribution in [3.05, 3.63) is 23.5 Å². The molecule has 3 nitrogen and oxygen atoms in total. The zero-order chi connectivity index (χ0) is 7.56. The van der Waals surface area contributed by atoms with Crippen molar-refractivity contribution in [1.29, 1.82) is 5.41 Å². The molecule has 0 fully saturated rings.